The third-order valence-corrected chi connectivity index (χ3v) is 14.2. The molecular formula is C34H53NO4. The van der Waals surface area contributed by atoms with Gasteiger partial charge in [0.1, 0.15) is 11.8 Å². The van der Waals surface area contributed by atoms with Crippen molar-refractivity contribution in [2.75, 3.05) is 7.11 Å². The van der Waals surface area contributed by atoms with Crippen LogP contribution in [0.2, 0.25) is 0 Å². The van der Waals surface area contributed by atoms with E-state index in [4.69, 9.17) is 4.74 Å². The number of carbonyl (C=O) groups excluding carboxylic acids is 3. The molecule has 0 saturated heterocycles. The molecule has 0 bridgehead atoms. The standard InChI is InChI=1S/C34H53NO4/c1-20(2)22-12-17-34(29(38)35-21(3)28(37)39-9)19-18-32(7)23(27(22)34)10-11-25-31(6)15-14-26(36)30(4,5)24(31)13-16-33(25,32)8/h21-25,27H,1,10-19H2,2-9H3,(H,35,38)/t21-,22-,23?,24?,25?,27?,31-,32-,33+,34-/m0/s1. The van der Waals surface area contributed by atoms with Crippen molar-refractivity contribution in [3.8, 4) is 0 Å². The highest BCUT2D eigenvalue weighted by atomic mass is 16.5. The summed E-state index contributed by atoms with van der Waals surface area (Å²) in [5.74, 6) is 2.21. The summed E-state index contributed by atoms with van der Waals surface area (Å²) >= 11 is 0. The van der Waals surface area contributed by atoms with E-state index in [1.807, 2.05) is 0 Å². The molecule has 1 amide bonds. The van der Waals surface area contributed by atoms with Crippen LogP contribution in [0.4, 0.5) is 0 Å². The quantitative estimate of drug-likeness (QED) is 0.312. The number of methoxy groups -OCH3 is 1. The third-order valence-electron chi connectivity index (χ3n) is 14.2. The Labute approximate surface area is 236 Å². The largest absolute Gasteiger partial charge is 0.467 e. The molecule has 5 heteroatoms. The fourth-order valence-electron chi connectivity index (χ4n) is 11.9. The fraction of sp³-hybridized carbons (Fsp3) is 0.853. The molecule has 0 radical (unpaired) electrons. The number of allylic oxidation sites excluding steroid dienone is 1. The first-order valence-electron chi connectivity index (χ1n) is 15.7. The highest BCUT2D eigenvalue weighted by Gasteiger charge is 2.72. The van der Waals surface area contributed by atoms with E-state index in [0.717, 1.165) is 51.4 Å². The van der Waals surface area contributed by atoms with Crippen molar-refractivity contribution in [1.29, 1.82) is 0 Å². The third kappa shape index (κ3) is 3.72. The van der Waals surface area contributed by atoms with E-state index in [2.05, 4.69) is 53.4 Å². The zero-order valence-electron chi connectivity index (χ0n) is 25.9. The Balaban J connectivity index is 1.52. The zero-order chi connectivity index (χ0) is 28.8. The Morgan fingerprint density at radius 3 is 2.26 bits per heavy atom. The molecule has 10 atom stereocenters. The van der Waals surface area contributed by atoms with Crippen molar-refractivity contribution in [3.63, 3.8) is 0 Å². The number of esters is 1. The van der Waals surface area contributed by atoms with Crippen LogP contribution in [0.5, 0.6) is 0 Å². The summed E-state index contributed by atoms with van der Waals surface area (Å²) < 4.78 is 4.93. The van der Waals surface area contributed by atoms with E-state index in [1.54, 1.807) is 6.92 Å². The molecular weight excluding hydrogens is 486 g/mol. The molecule has 0 aromatic heterocycles. The molecule has 5 saturated carbocycles. The number of rotatable bonds is 4. The van der Waals surface area contributed by atoms with Crippen LogP contribution in [0.1, 0.15) is 113 Å². The molecule has 0 aromatic rings. The summed E-state index contributed by atoms with van der Waals surface area (Å²) in [6, 6.07) is -0.643. The summed E-state index contributed by atoms with van der Waals surface area (Å²) in [5.41, 5.74) is 1.02. The summed E-state index contributed by atoms with van der Waals surface area (Å²) in [5, 5.41) is 3.08. The number of Topliss-reactive ketones (excluding diaryl/α,β-unsaturated/α-hetero) is 1. The monoisotopic (exact) mass is 539 g/mol. The van der Waals surface area contributed by atoms with Crippen LogP contribution in [-0.2, 0) is 19.1 Å². The molecule has 5 aliphatic rings. The van der Waals surface area contributed by atoms with E-state index in [-0.39, 0.29) is 33.5 Å². The Morgan fingerprint density at radius 1 is 0.923 bits per heavy atom. The van der Waals surface area contributed by atoms with Gasteiger partial charge in [-0.05, 0) is 117 Å². The van der Waals surface area contributed by atoms with E-state index < -0.39 is 17.4 Å². The first-order valence-corrected chi connectivity index (χ1v) is 15.7. The maximum atomic E-state index is 14.1. The molecule has 0 spiro atoms. The maximum absolute atomic E-state index is 14.1. The van der Waals surface area contributed by atoms with E-state index in [9.17, 15) is 14.4 Å². The van der Waals surface area contributed by atoms with Gasteiger partial charge < -0.3 is 10.1 Å². The summed E-state index contributed by atoms with van der Waals surface area (Å²) in [6.07, 6.45) is 10.2. The first-order chi connectivity index (χ1) is 18.1. The summed E-state index contributed by atoms with van der Waals surface area (Å²) in [6.45, 7) is 20.4. The molecule has 39 heavy (non-hydrogen) atoms. The highest BCUT2D eigenvalue weighted by Crippen LogP contribution is 2.77. The predicted octanol–water partition coefficient (Wildman–Crippen LogP) is 6.89. The van der Waals surface area contributed by atoms with Crippen LogP contribution in [0, 0.1) is 56.7 Å². The second-order valence-corrected chi connectivity index (χ2v) is 15.7. The fourth-order valence-corrected chi connectivity index (χ4v) is 11.9. The van der Waals surface area contributed by atoms with Gasteiger partial charge >= 0.3 is 5.97 Å². The van der Waals surface area contributed by atoms with Crippen molar-refractivity contribution in [2.24, 2.45) is 56.7 Å². The summed E-state index contributed by atoms with van der Waals surface area (Å²) in [4.78, 5) is 39.3. The lowest BCUT2D eigenvalue weighted by Crippen LogP contribution is -2.67. The van der Waals surface area contributed by atoms with Gasteiger partial charge in [-0.2, -0.15) is 0 Å². The average Bonchev–Trinajstić information content (AvgIpc) is 3.28. The minimum absolute atomic E-state index is 0.0479. The van der Waals surface area contributed by atoms with E-state index >= 15 is 0 Å². The van der Waals surface area contributed by atoms with Crippen molar-refractivity contribution in [2.45, 2.75) is 119 Å². The van der Waals surface area contributed by atoms with Gasteiger partial charge in [0.15, 0.2) is 0 Å². The summed E-state index contributed by atoms with van der Waals surface area (Å²) in [7, 11) is 1.38. The van der Waals surface area contributed by atoms with Gasteiger partial charge in [0.05, 0.1) is 12.5 Å². The number of nitrogens with one attached hydrogen (secondary N) is 1. The number of carbonyl (C=O) groups is 3. The van der Waals surface area contributed by atoms with Gasteiger partial charge in [0, 0.05) is 11.8 Å². The van der Waals surface area contributed by atoms with Gasteiger partial charge in [-0.3, -0.25) is 9.59 Å². The number of ether oxygens (including phenoxy) is 1. The van der Waals surface area contributed by atoms with Crippen molar-refractivity contribution < 1.29 is 19.1 Å². The smallest absolute Gasteiger partial charge is 0.328 e. The van der Waals surface area contributed by atoms with Crippen LogP contribution in [0.3, 0.4) is 0 Å². The lowest BCUT2D eigenvalue weighted by atomic mass is 9.32. The average molecular weight is 540 g/mol. The second-order valence-electron chi connectivity index (χ2n) is 15.7. The molecule has 5 rings (SSSR count). The predicted molar refractivity (Wildman–Crippen MR) is 154 cm³/mol. The van der Waals surface area contributed by atoms with Crippen molar-refractivity contribution in [1.82, 2.24) is 5.32 Å². The minimum atomic E-state index is -0.643. The Hall–Kier alpha value is -1.65. The molecule has 5 nitrogen and oxygen atoms in total. The molecule has 0 aliphatic heterocycles. The highest BCUT2D eigenvalue weighted by molar-refractivity contribution is 5.88. The Bertz CT molecular complexity index is 1080. The van der Waals surface area contributed by atoms with Gasteiger partial charge in [-0.25, -0.2) is 4.79 Å². The van der Waals surface area contributed by atoms with E-state index in [1.165, 1.54) is 25.5 Å². The number of ketones is 1. The van der Waals surface area contributed by atoms with Gasteiger partial charge in [0.2, 0.25) is 5.91 Å². The molecule has 218 valence electrons. The van der Waals surface area contributed by atoms with Crippen LogP contribution < -0.4 is 5.32 Å². The van der Waals surface area contributed by atoms with Crippen molar-refractivity contribution in [3.05, 3.63) is 12.2 Å². The van der Waals surface area contributed by atoms with Crippen LogP contribution in [-0.4, -0.2) is 30.8 Å². The van der Waals surface area contributed by atoms with Crippen molar-refractivity contribution >= 4 is 17.7 Å². The maximum Gasteiger partial charge on any atom is 0.328 e. The lowest BCUT2D eigenvalue weighted by molar-refractivity contribution is -0.233. The topological polar surface area (TPSA) is 72.5 Å². The van der Waals surface area contributed by atoms with Gasteiger partial charge in [-0.15, -0.1) is 0 Å². The van der Waals surface area contributed by atoms with Gasteiger partial charge in [-0.1, -0.05) is 46.8 Å². The Morgan fingerprint density at radius 2 is 1.62 bits per heavy atom. The molecule has 5 fully saturated rings. The number of hydrogen-bond donors (Lipinski definition) is 1. The van der Waals surface area contributed by atoms with Crippen LogP contribution in [0.25, 0.3) is 0 Å². The first kappa shape index (κ1) is 28.9. The molecule has 5 aliphatic carbocycles. The molecule has 1 N–H and O–H groups in total. The Kier molecular flexibility index (Phi) is 6.79. The zero-order valence-corrected chi connectivity index (χ0v) is 25.9. The number of fused-ring (bicyclic) bond motifs is 7. The van der Waals surface area contributed by atoms with Gasteiger partial charge in [0.25, 0.3) is 0 Å². The molecule has 0 heterocycles. The number of amides is 1. The normalized spacial score (nSPS) is 47.1. The van der Waals surface area contributed by atoms with E-state index in [0.29, 0.717) is 29.5 Å². The van der Waals surface area contributed by atoms with Crippen LogP contribution >= 0.6 is 0 Å². The molecule has 4 unspecified atom stereocenters. The second kappa shape index (κ2) is 9.18. The SMILES string of the molecule is C=C(C)[C@@H]1CC[C@]2(C(=O)N[C@@H](C)C(=O)OC)CC[C@@]3(C)C(CCC4[C@@]5(C)CCC(=O)C(C)(C)C5CC[C@]43C)C12. The minimum Gasteiger partial charge on any atom is -0.467 e. The molecule has 0 aromatic carbocycles. The number of hydrogen-bond acceptors (Lipinski definition) is 4. The van der Waals surface area contributed by atoms with Crippen LogP contribution in [0.15, 0.2) is 12.2 Å². The lowest BCUT2D eigenvalue weighted by Gasteiger charge is -2.72.